The van der Waals surface area contributed by atoms with Crippen molar-refractivity contribution in [2.75, 3.05) is 26.3 Å². The van der Waals surface area contributed by atoms with Crippen molar-refractivity contribution in [1.29, 1.82) is 0 Å². The van der Waals surface area contributed by atoms with Crippen LogP contribution in [0.15, 0.2) is 18.2 Å². The van der Waals surface area contributed by atoms with Crippen molar-refractivity contribution in [3.8, 4) is 11.5 Å². The summed E-state index contributed by atoms with van der Waals surface area (Å²) in [6, 6.07) is 4.93. The molecule has 22 heavy (non-hydrogen) atoms. The number of carbonyl (C=O) groups is 1. The lowest BCUT2D eigenvalue weighted by molar-refractivity contribution is -0.154. The van der Waals surface area contributed by atoms with Gasteiger partial charge in [0.05, 0.1) is 26.3 Å². The van der Waals surface area contributed by atoms with Crippen LogP contribution in [0.25, 0.3) is 0 Å². The van der Waals surface area contributed by atoms with Gasteiger partial charge in [0, 0.05) is 18.5 Å². The first-order valence-electron chi connectivity index (χ1n) is 6.73. The predicted molar refractivity (Wildman–Crippen MR) is 71.0 cm³/mol. The topological polar surface area (TPSA) is 59.0 Å². The van der Waals surface area contributed by atoms with Crippen LogP contribution in [0, 0.1) is 0 Å². The maximum Gasteiger partial charge on any atom is 0.401 e. The van der Waals surface area contributed by atoms with Gasteiger partial charge in [-0.15, -0.1) is 0 Å². The maximum atomic E-state index is 12.6. The quantitative estimate of drug-likeness (QED) is 0.902. The van der Waals surface area contributed by atoms with E-state index < -0.39 is 25.2 Å². The van der Waals surface area contributed by atoms with Crippen molar-refractivity contribution < 1.29 is 32.5 Å². The Morgan fingerprint density at radius 1 is 1.27 bits per heavy atom. The predicted octanol–water partition coefficient (Wildman–Crippen LogP) is 2.30. The summed E-state index contributed by atoms with van der Waals surface area (Å²) < 4.78 is 48.7. The molecule has 0 saturated carbocycles. The van der Waals surface area contributed by atoms with E-state index in [2.05, 4.69) is 0 Å². The van der Waals surface area contributed by atoms with Gasteiger partial charge in [0.2, 0.25) is 0 Å². The van der Waals surface area contributed by atoms with Gasteiger partial charge in [-0.05, 0) is 6.07 Å². The molecule has 1 N–H and O–H groups in total. The lowest BCUT2D eigenvalue weighted by Gasteiger charge is -2.23. The average molecular weight is 319 g/mol. The Morgan fingerprint density at radius 2 is 2.00 bits per heavy atom. The van der Waals surface area contributed by atoms with Gasteiger partial charge in [-0.25, -0.2) is 0 Å². The molecule has 122 valence electrons. The van der Waals surface area contributed by atoms with Crippen molar-refractivity contribution in [3.05, 3.63) is 23.8 Å². The third-order valence-corrected chi connectivity index (χ3v) is 3.01. The number of ether oxygens (including phenoxy) is 2. The fourth-order valence-electron chi connectivity index (χ4n) is 2.23. The van der Waals surface area contributed by atoms with Crippen molar-refractivity contribution >= 4 is 5.97 Å². The van der Waals surface area contributed by atoms with Gasteiger partial charge in [-0.3, -0.25) is 9.69 Å². The fraction of sp³-hybridized carbons (Fsp3) is 0.500. The number of alkyl halides is 3. The Labute approximate surface area is 125 Å². The summed E-state index contributed by atoms with van der Waals surface area (Å²) >= 11 is 0. The van der Waals surface area contributed by atoms with Gasteiger partial charge in [0.15, 0.2) is 11.5 Å². The third kappa shape index (κ3) is 4.80. The molecule has 1 aliphatic heterocycles. The molecular weight excluding hydrogens is 303 g/mol. The first-order chi connectivity index (χ1) is 10.3. The number of rotatable bonds is 5. The Kier molecular flexibility index (Phi) is 5.12. The van der Waals surface area contributed by atoms with Crippen molar-refractivity contribution in [2.45, 2.75) is 19.1 Å². The highest BCUT2D eigenvalue weighted by Crippen LogP contribution is 2.34. The van der Waals surface area contributed by atoms with Gasteiger partial charge in [0.1, 0.15) is 0 Å². The molecule has 0 spiro atoms. The number of aliphatic carboxylic acids is 1. The Hall–Kier alpha value is -1.96. The van der Waals surface area contributed by atoms with Gasteiger partial charge in [0.25, 0.3) is 0 Å². The molecule has 0 aromatic heterocycles. The summed E-state index contributed by atoms with van der Waals surface area (Å²) in [6.07, 6.45) is -3.80. The summed E-state index contributed by atoms with van der Waals surface area (Å²) in [7, 11) is 0. The normalized spacial score (nSPS) is 14.7. The van der Waals surface area contributed by atoms with E-state index in [9.17, 15) is 18.0 Å². The zero-order valence-electron chi connectivity index (χ0n) is 11.7. The van der Waals surface area contributed by atoms with E-state index in [-0.39, 0.29) is 6.54 Å². The molecule has 1 aromatic rings. The highest BCUT2D eigenvalue weighted by atomic mass is 19.4. The van der Waals surface area contributed by atoms with E-state index in [0.717, 1.165) is 4.90 Å². The summed E-state index contributed by atoms with van der Waals surface area (Å²) in [6.45, 7) is -1.31. The molecule has 0 fully saturated rings. The number of fused-ring (bicyclic) bond motifs is 1. The second-order valence-electron chi connectivity index (χ2n) is 4.95. The lowest BCUT2D eigenvalue weighted by Crippen LogP contribution is -2.37. The number of benzene rings is 1. The molecule has 8 heteroatoms. The highest BCUT2D eigenvalue weighted by molar-refractivity contribution is 5.69. The number of carboxylic acid groups (broad SMARTS) is 1. The molecule has 1 heterocycles. The smallest absolute Gasteiger partial charge is 0.401 e. The summed E-state index contributed by atoms with van der Waals surface area (Å²) in [5.41, 5.74) is 0.477. The van der Waals surface area contributed by atoms with Crippen LogP contribution >= 0.6 is 0 Å². The minimum Gasteiger partial charge on any atom is -0.490 e. The van der Waals surface area contributed by atoms with Crippen LogP contribution in [0.4, 0.5) is 13.2 Å². The molecule has 5 nitrogen and oxygen atoms in total. The molecule has 1 aliphatic rings. The molecule has 0 atom stereocenters. The molecular formula is C14H16F3NO4. The summed E-state index contributed by atoms with van der Waals surface area (Å²) in [4.78, 5) is 11.6. The summed E-state index contributed by atoms with van der Waals surface area (Å²) in [5, 5.41) is 8.78. The summed E-state index contributed by atoms with van der Waals surface area (Å²) in [5.74, 6) is -0.460. The first kappa shape index (κ1) is 16.4. The van der Waals surface area contributed by atoms with Crippen LogP contribution < -0.4 is 9.47 Å². The van der Waals surface area contributed by atoms with Crippen molar-refractivity contribution in [2.24, 2.45) is 0 Å². The molecule has 0 saturated heterocycles. The average Bonchev–Trinajstić information content (AvgIpc) is 2.61. The first-order valence-corrected chi connectivity index (χ1v) is 6.73. The van der Waals surface area contributed by atoms with E-state index in [1.165, 1.54) is 0 Å². The van der Waals surface area contributed by atoms with Crippen LogP contribution in [0.5, 0.6) is 11.5 Å². The minimum atomic E-state index is -4.47. The number of hydrogen-bond acceptors (Lipinski definition) is 4. The van der Waals surface area contributed by atoms with E-state index in [4.69, 9.17) is 14.6 Å². The van der Waals surface area contributed by atoms with Crippen LogP contribution in [0.3, 0.4) is 0 Å². The highest BCUT2D eigenvalue weighted by Gasteiger charge is 2.32. The van der Waals surface area contributed by atoms with E-state index in [1.807, 2.05) is 0 Å². The van der Waals surface area contributed by atoms with E-state index in [0.29, 0.717) is 36.7 Å². The van der Waals surface area contributed by atoms with Crippen molar-refractivity contribution in [3.63, 3.8) is 0 Å². The van der Waals surface area contributed by atoms with E-state index >= 15 is 0 Å². The molecule has 0 amide bonds. The zero-order chi connectivity index (χ0) is 16.2. The van der Waals surface area contributed by atoms with Crippen LogP contribution in [-0.2, 0) is 11.3 Å². The fourth-order valence-corrected chi connectivity index (χ4v) is 2.23. The van der Waals surface area contributed by atoms with Crippen LogP contribution in [-0.4, -0.2) is 48.5 Å². The van der Waals surface area contributed by atoms with Crippen LogP contribution in [0.1, 0.15) is 12.0 Å². The van der Waals surface area contributed by atoms with Gasteiger partial charge >= 0.3 is 12.1 Å². The largest absolute Gasteiger partial charge is 0.490 e. The van der Waals surface area contributed by atoms with Gasteiger partial charge in [-0.2, -0.15) is 13.2 Å². The monoisotopic (exact) mass is 319 g/mol. The molecule has 0 radical (unpaired) electrons. The molecule has 2 rings (SSSR count). The Morgan fingerprint density at radius 3 is 2.68 bits per heavy atom. The maximum absolute atomic E-state index is 12.6. The Balaban J connectivity index is 2.20. The van der Waals surface area contributed by atoms with E-state index in [1.54, 1.807) is 18.2 Å². The minimum absolute atomic E-state index is 0.182. The van der Waals surface area contributed by atoms with Gasteiger partial charge in [-0.1, -0.05) is 12.1 Å². The molecule has 0 unspecified atom stereocenters. The number of para-hydroxylation sites is 1. The Bertz CT molecular complexity index is 533. The third-order valence-electron chi connectivity index (χ3n) is 3.01. The number of nitrogens with zero attached hydrogens (tertiary/aromatic N) is 1. The SMILES string of the molecule is O=C(O)CN(Cc1cccc2c1OCCCO2)CC(F)(F)F. The van der Waals surface area contributed by atoms with Crippen LogP contribution in [0.2, 0.25) is 0 Å². The molecule has 1 aromatic carbocycles. The second-order valence-corrected chi connectivity index (χ2v) is 4.95. The number of halogens is 3. The number of hydrogen-bond donors (Lipinski definition) is 1. The van der Waals surface area contributed by atoms with Gasteiger partial charge < -0.3 is 14.6 Å². The second kappa shape index (κ2) is 6.87. The standard InChI is InChI=1S/C14H16F3NO4/c15-14(16,17)9-18(8-12(19)20)7-10-3-1-4-11-13(10)22-6-2-5-21-11/h1,3-4H,2,5-9H2,(H,19,20). The number of carboxylic acids is 1. The van der Waals surface area contributed by atoms with Crippen molar-refractivity contribution in [1.82, 2.24) is 4.90 Å². The molecule has 0 aliphatic carbocycles. The zero-order valence-corrected chi connectivity index (χ0v) is 11.7. The molecule has 0 bridgehead atoms. The lowest BCUT2D eigenvalue weighted by atomic mass is 10.1.